The maximum Gasteiger partial charge on any atom is 0.147 e. The van der Waals surface area contributed by atoms with Crippen LogP contribution in [0.25, 0.3) is 0 Å². The van der Waals surface area contributed by atoms with Gasteiger partial charge in [-0.3, -0.25) is 0 Å². The number of ether oxygens (including phenoxy) is 2. The average Bonchev–Trinajstić information content (AvgIpc) is 2.35. The van der Waals surface area contributed by atoms with Crippen molar-refractivity contribution in [2.24, 2.45) is 0 Å². The van der Waals surface area contributed by atoms with Crippen LogP contribution in [0.1, 0.15) is 6.42 Å². The van der Waals surface area contributed by atoms with Gasteiger partial charge in [0.05, 0.1) is 19.0 Å². The predicted molar refractivity (Wildman–Crippen MR) is 67.0 cm³/mol. The molecule has 96 valence electrons. The lowest BCUT2D eigenvalue weighted by Gasteiger charge is -2.22. The first-order chi connectivity index (χ1) is 8.27. The number of nitrogens with two attached hydrogens (primary N) is 1. The number of anilines is 2. The average molecular weight is 240 g/mol. The summed E-state index contributed by atoms with van der Waals surface area (Å²) in [4.78, 5) is 10.4. The van der Waals surface area contributed by atoms with Gasteiger partial charge in [-0.05, 0) is 6.42 Å². The molecular formula is C11H20N4O2. The van der Waals surface area contributed by atoms with E-state index in [9.17, 15) is 0 Å². The lowest BCUT2D eigenvalue weighted by molar-refractivity contribution is 0.191. The number of methoxy groups -OCH3 is 2. The Morgan fingerprint density at radius 3 is 2.47 bits per heavy atom. The van der Waals surface area contributed by atoms with Gasteiger partial charge in [0.1, 0.15) is 11.6 Å². The van der Waals surface area contributed by atoms with E-state index in [1.165, 1.54) is 0 Å². The Morgan fingerprint density at radius 2 is 1.88 bits per heavy atom. The van der Waals surface area contributed by atoms with Crippen LogP contribution in [0.2, 0.25) is 0 Å². The van der Waals surface area contributed by atoms with Gasteiger partial charge in [0, 0.05) is 33.9 Å². The van der Waals surface area contributed by atoms with Crippen LogP contribution < -0.4 is 10.6 Å². The maximum absolute atomic E-state index is 5.51. The molecule has 0 saturated heterocycles. The Labute approximate surface area is 102 Å². The SMILES string of the molecule is COCCCN(CCOC)c1cnc(N)cn1. The molecule has 17 heavy (non-hydrogen) atoms. The lowest BCUT2D eigenvalue weighted by atomic mass is 10.4. The molecule has 0 atom stereocenters. The minimum atomic E-state index is 0.428. The van der Waals surface area contributed by atoms with Gasteiger partial charge in [-0.1, -0.05) is 0 Å². The van der Waals surface area contributed by atoms with E-state index in [0.717, 1.165) is 31.9 Å². The van der Waals surface area contributed by atoms with Crippen LogP contribution in [0.5, 0.6) is 0 Å². The van der Waals surface area contributed by atoms with Gasteiger partial charge >= 0.3 is 0 Å². The van der Waals surface area contributed by atoms with Gasteiger partial charge in [0.2, 0.25) is 0 Å². The van der Waals surface area contributed by atoms with Crippen molar-refractivity contribution in [3.63, 3.8) is 0 Å². The molecule has 0 aliphatic carbocycles. The van der Waals surface area contributed by atoms with Crippen molar-refractivity contribution in [3.8, 4) is 0 Å². The minimum absolute atomic E-state index is 0.428. The number of hydrogen-bond acceptors (Lipinski definition) is 6. The fourth-order valence-corrected chi connectivity index (χ4v) is 1.44. The predicted octanol–water partition coefficient (Wildman–Crippen LogP) is 0.548. The Bertz CT molecular complexity index is 305. The normalized spacial score (nSPS) is 10.5. The Balaban J connectivity index is 2.57. The molecule has 1 heterocycles. The summed E-state index contributed by atoms with van der Waals surface area (Å²) >= 11 is 0. The summed E-state index contributed by atoms with van der Waals surface area (Å²) in [5.41, 5.74) is 5.51. The highest BCUT2D eigenvalue weighted by molar-refractivity contribution is 5.39. The molecule has 0 bridgehead atoms. The number of rotatable bonds is 8. The first kappa shape index (κ1) is 13.7. The van der Waals surface area contributed by atoms with Gasteiger partial charge in [0.25, 0.3) is 0 Å². The van der Waals surface area contributed by atoms with Crippen molar-refractivity contribution >= 4 is 11.6 Å². The van der Waals surface area contributed by atoms with Crippen molar-refractivity contribution in [2.75, 3.05) is 51.2 Å². The molecule has 0 aromatic carbocycles. The minimum Gasteiger partial charge on any atom is -0.385 e. The fourth-order valence-electron chi connectivity index (χ4n) is 1.44. The van der Waals surface area contributed by atoms with E-state index in [-0.39, 0.29) is 0 Å². The second-order valence-corrected chi connectivity index (χ2v) is 3.63. The second kappa shape index (κ2) is 7.81. The summed E-state index contributed by atoms with van der Waals surface area (Å²) in [7, 11) is 3.38. The zero-order valence-electron chi connectivity index (χ0n) is 10.4. The molecule has 2 N–H and O–H groups in total. The molecule has 0 fully saturated rings. The van der Waals surface area contributed by atoms with E-state index in [2.05, 4.69) is 14.9 Å². The Hall–Kier alpha value is -1.40. The zero-order chi connectivity index (χ0) is 12.5. The lowest BCUT2D eigenvalue weighted by Crippen LogP contribution is -2.29. The molecule has 1 aromatic heterocycles. The van der Waals surface area contributed by atoms with E-state index >= 15 is 0 Å². The molecule has 0 aliphatic heterocycles. The highest BCUT2D eigenvalue weighted by Gasteiger charge is 2.07. The van der Waals surface area contributed by atoms with Gasteiger partial charge in [-0.2, -0.15) is 0 Å². The Morgan fingerprint density at radius 1 is 1.12 bits per heavy atom. The highest BCUT2D eigenvalue weighted by Crippen LogP contribution is 2.10. The van der Waals surface area contributed by atoms with Crippen molar-refractivity contribution in [1.29, 1.82) is 0 Å². The number of aromatic nitrogens is 2. The summed E-state index contributed by atoms with van der Waals surface area (Å²) in [5, 5.41) is 0. The zero-order valence-corrected chi connectivity index (χ0v) is 10.4. The van der Waals surface area contributed by atoms with Crippen molar-refractivity contribution in [3.05, 3.63) is 12.4 Å². The molecule has 0 amide bonds. The molecule has 6 nitrogen and oxygen atoms in total. The van der Waals surface area contributed by atoms with E-state index < -0.39 is 0 Å². The van der Waals surface area contributed by atoms with E-state index in [1.54, 1.807) is 26.6 Å². The molecule has 1 rings (SSSR count). The van der Waals surface area contributed by atoms with E-state index in [1.807, 2.05) is 0 Å². The van der Waals surface area contributed by atoms with Gasteiger partial charge in [0.15, 0.2) is 0 Å². The van der Waals surface area contributed by atoms with E-state index in [0.29, 0.717) is 12.4 Å². The maximum atomic E-state index is 5.51. The summed E-state index contributed by atoms with van der Waals surface area (Å²) < 4.78 is 10.1. The van der Waals surface area contributed by atoms with Gasteiger partial charge in [-0.25, -0.2) is 9.97 Å². The molecule has 1 aromatic rings. The van der Waals surface area contributed by atoms with E-state index in [4.69, 9.17) is 15.2 Å². The van der Waals surface area contributed by atoms with Crippen LogP contribution in [0.4, 0.5) is 11.6 Å². The Kier molecular flexibility index (Phi) is 6.27. The summed E-state index contributed by atoms with van der Waals surface area (Å²) in [6.45, 7) is 3.01. The van der Waals surface area contributed by atoms with Crippen LogP contribution in [-0.2, 0) is 9.47 Å². The largest absolute Gasteiger partial charge is 0.385 e. The monoisotopic (exact) mass is 240 g/mol. The first-order valence-electron chi connectivity index (χ1n) is 5.58. The van der Waals surface area contributed by atoms with Crippen molar-refractivity contribution in [2.45, 2.75) is 6.42 Å². The summed E-state index contributed by atoms with van der Waals surface area (Å²) in [6.07, 6.45) is 4.18. The molecule has 0 spiro atoms. The highest BCUT2D eigenvalue weighted by atomic mass is 16.5. The van der Waals surface area contributed by atoms with Crippen LogP contribution in [-0.4, -0.2) is 50.5 Å². The van der Waals surface area contributed by atoms with Crippen molar-refractivity contribution in [1.82, 2.24) is 9.97 Å². The molecule has 0 saturated carbocycles. The molecular weight excluding hydrogens is 220 g/mol. The van der Waals surface area contributed by atoms with Crippen LogP contribution in [0, 0.1) is 0 Å². The topological polar surface area (TPSA) is 73.5 Å². The molecule has 0 aliphatic rings. The number of hydrogen-bond donors (Lipinski definition) is 1. The van der Waals surface area contributed by atoms with Gasteiger partial charge in [-0.15, -0.1) is 0 Å². The van der Waals surface area contributed by atoms with Crippen LogP contribution in [0.15, 0.2) is 12.4 Å². The summed E-state index contributed by atoms with van der Waals surface area (Å²) in [6, 6.07) is 0. The fraction of sp³-hybridized carbons (Fsp3) is 0.636. The second-order valence-electron chi connectivity index (χ2n) is 3.63. The third-order valence-electron chi connectivity index (χ3n) is 2.32. The third-order valence-corrected chi connectivity index (χ3v) is 2.32. The van der Waals surface area contributed by atoms with Crippen LogP contribution in [0.3, 0.4) is 0 Å². The first-order valence-corrected chi connectivity index (χ1v) is 5.58. The molecule has 0 unspecified atom stereocenters. The summed E-state index contributed by atoms with van der Waals surface area (Å²) in [5.74, 6) is 1.24. The molecule has 0 radical (unpaired) electrons. The molecule has 6 heteroatoms. The smallest absolute Gasteiger partial charge is 0.147 e. The van der Waals surface area contributed by atoms with Gasteiger partial charge < -0.3 is 20.1 Å². The number of nitrogen functional groups attached to an aromatic ring is 1. The standard InChI is InChI=1S/C11H20N4O2/c1-16-6-3-4-15(5-7-17-2)11-9-13-10(12)8-14-11/h8-9H,3-7H2,1-2H3,(H2,12,13). The third kappa shape index (κ3) is 4.97. The quantitative estimate of drug-likeness (QED) is 0.669. The van der Waals surface area contributed by atoms with Crippen LogP contribution >= 0.6 is 0 Å². The van der Waals surface area contributed by atoms with Crippen molar-refractivity contribution < 1.29 is 9.47 Å². The number of nitrogens with zero attached hydrogens (tertiary/aromatic N) is 3.